The molecule has 0 spiro atoms. The highest BCUT2D eigenvalue weighted by molar-refractivity contribution is 5.99. The van der Waals surface area contributed by atoms with E-state index in [0.717, 1.165) is 24.0 Å². The summed E-state index contributed by atoms with van der Waals surface area (Å²) in [7, 11) is 2.05. The molecule has 1 aromatic heterocycles. The highest BCUT2D eigenvalue weighted by Gasteiger charge is 2.18. The highest BCUT2D eigenvalue weighted by atomic mass is 16.5. The predicted octanol–water partition coefficient (Wildman–Crippen LogP) is 3.21. The van der Waals surface area contributed by atoms with E-state index in [1.807, 2.05) is 18.2 Å². The summed E-state index contributed by atoms with van der Waals surface area (Å²) in [5, 5.41) is 1.19. The number of benzene rings is 1. The van der Waals surface area contributed by atoms with Crippen molar-refractivity contribution in [1.29, 1.82) is 0 Å². The first-order valence-electron chi connectivity index (χ1n) is 6.60. The number of hydrogen-bond acceptors (Lipinski definition) is 2. The van der Waals surface area contributed by atoms with Gasteiger partial charge in [-0.15, -0.1) is 0 Å². The van der Waals surface area contributed by atoms with E-state index in [0.29, 0.717) is 6.61 Å². The Labute approximate surface area is 112 Å². The third-order valence-electron chi connectivity index (χ3n) is 3.85. The normalized spacial score (nSPS) is 18.0. The summed E-state index contributed by atoms with van der Waals surface area (Å²) in [6.07, 6.45) is 3.72. The molecule has 0 bridgehead atoms. The van der Waals surface area contributed by atoms with Crippen molar-refractivity contribution >= 4 is 22.9 Å². The maximum absolute atomic E-state index is 11.8. The Kier molecular flexibility index (Phi) is 2.90. The van der Waals surface area contributed by atoms with Crippen molar-refractivity contribution < 1.29 is 9.53 Å². The van der Waals surface area contributed by atoms with Crippen LogP contribution in [0.15, 0.2) is 29.8 Å². The lowest BCUT2D eigenvalue weighted by Crippen LogP contribution is -2.15. The van der Waals surface area contributed by atoms with Gasteiger partial charge >= 0.3 is 5.97 Å². The maximum Gasteiger partial charge on any atom is 0.334 e. The second kappa shape index (κ2) is 4.57. The summed E-state index contributed by atoms with van der Waals surface area (Å²) >= 11 is 0. The second-order valence-corrected chi connectivity index (χ2v) is 4.98. The molecule has 1 aliphatic heterocycles. The van der Waals surface area contributed by atoms with E-state index in [1.54, 1.807) is 0 Å². The number of carbonyl (C=O) groups is 1. The van der Waals surface area contributed by atoms with Crippen molar-refractivity contribution in [3.63, 3.8) is 0 Å². The monoisotopic (exact) mass is 255 g/mol. The molecule has 1 aromatic carbocycles. The van der Waals surface area contributed by atoms with E-state index in [4.69, 9.17) is 4.74 Å². The minimum absolute atomic E-state index is 0.168. The van der Waals surface area contributed by atoms with Crippen LogP contribution in [0.4, 0.5) is 0 Å². The molecule has 2 aromatic rings. The van der Waals surface area contributed by atoms with Crippen LogP contribution in [0.25, 0.3) is 17.0 Å². The molecule has 1 aliphatic rings. The van der Waals surface area contributed by atoms with Crippen LogP contribution in [0.2, 0.25) is 0 Å². The molecule has 0 amide bonds. The number of para-hydroxylation sites is 1. The molecule has 1 saturated heterocycles. The lowest BCUT2D eigenvalue weighted by molar-refractivity contribution is -0.141. The number of aryl methyl sites for hydroxylation is 1. The van der Waals surface area contributed by atoms with Gasteiger partial charge in [0.15, 0.2) is 0 Å². The van der Waals surface area contributed by atoms with Crippen LogP contribution in [0.1, 0.15) is 24.1 Å². The van der Waals surface area contributed by atoms with Crippen molar-refractivity contribution in [2.75, 3.05) is 6.61 Å². The molecule has 3 rings (SSSR count). The Morgan fingerprint density at radius 2 is 2.11 bits per heavy atom. The molecule has 2 heterocycles. The first kappa shape index (κ1) is 12.0. The van der Waals surface area contributed by atoms with Crippen LogP contribution < -0.4 is 0 Å². The summed E-state index contributed by atoms with van der Waals surface area (Å²) < 4.78 is 7.27. The molecular formula is C16H17NO2. The van der Waals surface area contributed by atoms with Crippen molar-refractivity contribution in [2.24, 2.45) is 7.05 Å². The molecule has 3 nitrogen and oxygen atoms in total. The number of nitrogens with zero attached hydrogens (tertiary/aromatic N) is 1. The fraction of sp³-hybridized carbons (Fsp3) is 0.312. The van der Waals surface area contributed by atoms with Crippen LogP contribution in [0, 0.1) is 6.92 Å². The summed E-state index contributed by atoms with van der Waals surface area (Å²) in [5.74, 6) is -0.168. The van der Waals surface area contributed by atoms with E-state index in [2.05, 4.69) is 30.7 Å². The topological polar surface area (TPSA) is 31.2 Å². The smallest absolute Gasteiger partial charge is 0.334 e. The molecular weight excluding hydrogens is 238 g/mol. The number of esters is 1. The predicted molar refractivity (Wildman–Crippen MR) is 75.8 cm³/mol. The standard InChI is InChI=1S/C16H17NO2/c1-11-14(10-12-6-5-9-19-16(12)18)13-7-3-4-8-15(13)17(11)2/h3-4,7-8,10H,5-6,9H2,1-2H3/b12-10+. The minimum atomic E-state index is -0.168. The zero-order chi connectivity index (χ0) is 13.4. The number of fused-ring (bicyclic) bond motifs is 1. The van der Waals surface area contributed by atoms with Gasteiger partial charge in [0.05, 0.1) is 6.61 Å². The molecule has 0 saturated carbocycles. The zero-order valence-electron chi connectivity index (χ0n) is 11.3. The number of ether oxygens (including phenoxy) is 1. The quantitative estimate of drug-likeness (QED) is 0.579. The van der Waals surface area contributed by atoms with Gasteiger partial charge in [-0.2, -0.15) is 0 Å². The number of hydrogen-bond donors (Lipinski definition) is 0. The fourth-order valence-electron chi connectivity index (χ4n) is 2.66. The fourth-order valence-corrected chi connectivity index (χ4v) is 2.66. The van der Waals surface area contributed by atoms with Gasteiger partial charge in [0.2, 0.25) is 0 Å². The van der Waals surface area contributed by atoms with E-state index >= 15 is 0 Å². The number of carbonyl (C=O) groups excluding carboxylic acids is 1. The maximum atomic E-state index is 11.8. The Hall–Kier alpha value is -2.03. The Morgan fingerprint density at radius 1 is 1.32 bits per heavy atom. The van der Waals surface area contributed by atoms with Crippen molar-refractivity contribution in [2.45, 2.75) is 19.8 Å². The molecule has 19 heavy (non-hydrogen) atoms. The molecule has 0 aliphatic carbocycles. The second-order valence-electron chi connectivity index (χ2n) is 4.98. The van der Waals surface area contributed by atoms with Gasteiger partial charge in [0, 0.05) is 34.8 Å². The molecule has 0 unspecified atom stereocenters. The van der Waals surface area contributed by atoms with E-state index in [1.165, 1.54) is 16.6 Å². The molecule has 98 valence electrons. The van der Waals surface area contributed by atoms with E-state index in [9.17, 15) is 4.79 Å². The van der Waals surface area contributed by atoms with Crippen LogP contribution in [0.3, 0.4) is 0 Å². The minimum Gasteiger partial charge on any atom is -0.462 e. The Morgan fingerprint density at radius 3 is 2.89 bits per heavy atom. The van der Waals surface area contributed by atoms with Gasteiger partial charge in [-0.05, 0) is 31.9 Å². The average Bonchev–Trinajstić information content (AvgIpc) is 2.67. The third-order valence-corrected chi connectivity index (χ3v) is 3.85. The Balaban J connectivity index is 2.17. The van der Waals surface area contributed by atoms with Crippen molar-refractivity contribution in [3.05, 3.63) is 41.1 Å². The molecule has 0 radical (unpaired) electrons. The summed E-state index contributed by atoms with van der Waals surface area (Å²) in [5.41, 5.74) is 4.28. The summed E-state index contributed by atoms with van der Waals surface area (Å²) in [6, 6.07) is 8.27. The molecule has 3 heteroatoms. The van der Waals surface area contributed by atoms with Gasteiger partial charge in [0.25, 0.3) is 0 Å². The van der Waals surface area contributed by atoms with Crippen molar-refractivity contribution in [3.8, 4) is 0 Å². The number of rotatable bonds is 1. The zero-order valence-corrected chi connectivity index (χ0v) is 11.3. The first-order valence-corrected chi connectivity index (χ1v) is 6.60. The first-order chi connectivity index (χ1) is 9.18. The van der Waals surface area contributed by atoms with Crippen LogP contribution in [-0.2, 0) is 16.6 Å². The Bertz CT molecular complexity index is 679. The molecule has 1 fully saturated rings. The van der Waals surface area contributed by atoms with E-state index < -0.39 is 0 Å². The molecule has 0 N–H and O–H groups in total. The van der Waals surface area contributed by atoms with Gasteiger partial charge in [-0.25, -0.2) is 4.79 Å². The van der Waals surface area contributed by atoms with Crippen molar-refractivity contribution in [1.82, 2.24) is 4.57 Å². The number of cyclic esters (lactones) is 1. The highest BCUT2D eigenvalue weighted by Crippen LogP contribution is 2.28. The summed E-state index contributed by atoms with van der Waals surface area (Å²) in [4.78, 5) is 11.8. The van der Waals surface area contributed by atoms with Crippen LogP contribution >= 0.6 is 0 Å². The van der Waals surface area contributed by atoms with E-state index in [-0.39, 0.29) is 5.97 Å². The molecule has 0 atom stereocenters. The summed E-state index contributed by atoms with van der Waals surface area (Å²) in [6.45, 7) is 2.63. The van der Waals surface area contributed by atoms with Gasteiger partial charge in [-0.1, -0.05) is 18.2 Å². The third kappa shape index (κ3) is 1.95. The van der Waals surface area contributed by atoms with Gasteiger partial charge in [-0.3, -0.25) is 0 Å². The lowest BCUT2D eigenvalue weighted by atomic mass is 10.0. The average molecular weight is 255 g/mol. The number of aromatic nitrogens is 1. The SMILES string of the molecule is Cc1c(/C=C2\CCCOC2=O)c2ccccc2n1C. The van der Waals surface area contributed by atoms with Gasteiger partial charge in [0.1, 0.15) is 0 Å². The lowest BCUT2D eigenvalue weighted by Gasteiger charge is -2.13. The van der Waals surface area contributed by atoms with Crippen LogP contribution in [0.5, 0.6) is 0 Å². The largest absolute Gasteiger partial charge is 0.462 e. The van der Waals surface area contributed by atoms with Crippen LogP contribution in [-0.4, -0.2) is 17.1 Å². The van der Waals surface area contributed by atoms with Gasteiger partial charge < -0.3 is 9.30 Å².